The van der Waals surface area contributed by atoms with E-state index in [1.54, 1.807) is 0 Å². The first kappa shape index (κ1) is 74.2. The fourth-order valence-corrected chi connectivity index (χ4v) is 8.73. The van der Waals surface area contributed by atoms with Gasteiger partial charge in [0.25, 0.3) is 0 Å². The zero-order chi connectivity index (χ0) is 57.0. The quantitative estimate of drug-likeness (QED) is 0.0211. The molecule has 0 aromatic rings. The number of carbonyl (C=O) groups excluding carboxylic acids is 2. The first-order valence-corrected chi connectivity index (χ1v) is 32.4. The number of ether oxygens (including phenoxy) is 2. The zero-order valence-corrected chi connectivity index (χ0v) is 51.2. The Morgan fingerprint density at radius 1 is 0.397 bits per heavy atom. The maximum Gasteiger partial charge on any atom is 0.472 e. The third-order valence-electron chi connectivity index (χ3n) is 12.7. The summed E-state index contributed by atoms with van der Waals surface area (Å²) in [5.74, 6) is -0.832. The van der Waals surface area contributed by atoms with Crippen LogP contribution in [0.2, 0.25) is 0 Å². The molecule has 0 bridgehead atoms. The van der Waals surface area contributed by atoms with Crippen molar-refractivity contribution in [2.24, 2.45) is 0 Å². The second-order valence-corrected chi connectivity index (χ2v) is 22.8. The van der Waals surface area contributed by atoms with Gasteiger partial charge in [0.1, 0.15) is 19.8 Å². The van der Waals surface area contributed by atoms with E-state index in [9.17, 15) is 19.0 Å². The van der Waals surface area contributed by atoms with E-state index in [1.165, 1.54) is 83.5 Å². The van der Waals surface area contributed by atoms with Crippen molar-refractivity contribution < 1.29 is 42.1 Å². The summed E-state index contributed by atoms with van der Waals surface area (Å²) >= 11 is 0. The van der Waals surface area contributed by atoms with E-state index in [2.05, 4.69) is 148 Å². The summed E-state index contributed by atoms with van der Waals surface area (Å²) in [5.41, 5.74) is 0. The molecule has 0 saturated carbocycles. The minimum absolute atomic E-state index is 0.0196. The van der Waals surface area contributed by atoms with Crippen LogP contribution in [0.1, 0.15) is 232 Å². The summed E-state index contributed by atoms with van der Waals surface area (Å²) in [7, 11) is 1.44. The van der Waals surface area contributed by atoms with Crippen LogP contribution < -0.4 is 0 Å². The fourth-order valence-electron chi connectivity index (χ4n) is 7.99. The van der Waals surface area contributed by atoms with Gasteiger partial charge in [0.05, 0.1) is 27.7 Å². The standard InChI is InChI=1S/C68H114NO8P/c1-6-8-10-12-14-16-18-20-22-24-26-28-30-31-32-33-34-35-36-37-39-40-42-44-46-48-50-52-54-56-58-60-67(70)74-64-66(65-76-78(72,73)75-63-62-69(3,4)5)77-68(71)61-59-57-55-53-51-49-47-45-43-41-38-29-27-25-23-21-19-17-15-13-11-9-7-2/h8-11,14-17,20-23,26-29,31-32,41,43,47,49,66H,6-7,12-13,18-19,24-25,30,33-40,42,44-46,48,50-65H2,1-5H3/p+1/b10-8-,11-9-,16-14-,17-15-,22-20-,23-21-,28-26-,29-27-,32-31-,43-41-,49-47-. The first-order chi connectivity index (χ1) is 38.0. The van der Waals surface area contributed by atoms with Crippen LogP contribution in [0, 0.1) is 0 Å². The van der Waals surface area contributed by atoms with Gasteiger partial charge in [0.15, 0.2) is 6.10 Å². The zero-order valence-electron chi connectivity index (χ0n) is 50.3. The lowest BCUT2D eigenvalue weighted by Gasteiger charge is -2.24. The van der Waals surface area contributed by atoms with E-state index in [-0.39, 0.29) is 32.0 Å². The highest BCUT2D eigenvalue weighted by Crippen LogP contribution is 2.43. The Morgan fingerprint density at radius 2 is 0.692 bits per heavy atom. The number of phosphoric acid groups is 1. The number of likely N-dealkylation sites (N-methyl/N-ethyl adjacent to an activating group) is 1. The minimum Gasteiger partial charge on any atom is -0.462 e. The smallest absolute Gasteiger partial charge is 0.462 e. The van der Waals surface area contributed by atoms with Crippen molar-refractivity contribution in [1.29, 1.82) is 0 Å². The second kappa shape index (κ2) is 57.8. The SMILES string of the molecule is CC/C=C\C/C=C\C/C=C\C/C=C\C/C=C\C/C=C\CCCCCCC(=O)OC(COC(=O)CCCCCCCCCCCCCCCCC/C=C\C/C=C\C/C=C\C/C=C\C/C=C\CC)COP(=O)(O)OCC[N+](C)(C)C. The number of phosphoric ester groups is 1. The molecule has 9 nitrogen and oxygen atoms in total. The molecule has 0 saturated heterocycles. The van der Waals surface area contributed by atoms with Crippen molar-refractivity contribution in [3.63, 3.8) is 0 Å². The normalized spacial score (nSPS) is 14.2. The number of quaternary nitrogens is 1. The summed E-state index contributed by atoms with van der Waals surface area (Å²) in [6.45, 7) is 4.17. The van der Waals surface area contributed by atoms with Gasteiger partial charge in [-0.25, -0.2) is 4.57 Å². The molecular formula is C68H115NO8P+. The topological polar surface area (TPSA) is 108 Å². The van der Waals surface area contributed by atoms with E-state index in [1.807, 2.05) is 21.1 Å². The van der Waals surface area contributed by atoms with Gasteiger partial charge in [-0.05, 0) is 109 Å². The molecule has 0 rings (SSSR count). The van der Waals surface area contributed by atoms with Gasteiger partial charge in [-0.2, -0.15) is 0 Å². The van der Waals surface area contributed by atoms with Crippen LogP contribution in [-0.4, -0.2) is 74.9 Å². The van der Waals surface area contributed by atoms with E-state index in [0.717, 1.165) is 116 Å². The average molecular weight is 1110 g/mol. The summed E-state index contributed by atoms with van der Waals surface area (Å²) in [6, 6.07) is 0. The van der Waals surface area contributed by atoms with Crippen molar-refractivity contribution in [3.8, 4) is 0 Å². The molecule has 1 N–H and O–H groups in total. The lowest BCUT2D eigenvalue weighted by molar-refractivity contribution is -0.870. The summed E-state index contributed by atoms with van der Waals surface area (Å²) in [6.07, 6.45) is 83.8. The number of hydrogen-bond acceptors (Lipinski definition) is 7. The number of esters is 2. The molecule has 0 aliphatic heterocycles. The van der Waals surface area contributed by atoms with E-state index in [0.29, 0.717) is 17.4 Å². The predicted octanol–water partition coefficient (Wildman–Crippen LogP) is 19.7. The number of allylic oxidation sites excluding steroid dienone is 22. The third kappa shape index (κ3) is 61.4. The van der Waals surface area contributed by atoms with Crippen molar-refractivity contribution in [2.75, 3.05) is 47.5 Å². The number of hydrogen-bond donors (Lipinski definition) is 1. The van der Waals surface area contributed by atoms with E-state index < -0.39 is 26.5 Å². The van der Waals surface area contributed by atoms with Gasteiger partial charge < -0.3 is 18.9 Å². The molecule has 0 fully saturated rings. The Balaban J connectivity index is 4.17. The van der Waals surface area contributed by atoms with Crippen LogP contribution >= 0.6 is 7.82 Å². The molecule has 0 aliphatic carbocycles. The maximum absolute atomic E-state index is 12.8. The molecule has 0 spiro atoms. The molecule has 0 aromatic carbocycles. The van der Waals surface area contributed by atoms with Crippen LogP contribution in [0.25, 0.3) is 0 Å². The Labute approximate surface area is 479 Å². The summed E-state index contributed by atoms with van der Waals surface area (Å²) in [4.78, 5) is 35.8. The molecule has 444 valence electrons. The Morgan fingerprint density at radius 3 is 1.03 bits per heavy atom. The van der Waals surface area contributed by atoms with Crippen molar-refractivity contribution in [3.05, 3.63) is 134 Å². The van der Waals surface area contributed by atoms with Gasteiger partial charge in [-0.3, -0.25) is 18.6 Å². The van der Waals surface area contributed by atoms with Gasteiger partial charge in [-0.1, -0.05) is 244 Å². The van der Waals surface area contributed by atoms with Crippen molar-refractivity contribution in [1.82, 2.24) is 0 Å². The van der Waals surface area contributed by atoms with Crippen LogP contribution in [0.5, 0.6) is 0 Å². The monoisotopic (exact) mass is 1100 g/mol. The molecule has 0 radical (unpaired) electrons. The number of unbranched alkanes of at least 4 members (excludes halogenated alkanes) is 19. The maximum atomic E-state index is 12.8. The summed E-state index contributed by atoms with van der Waals surface area (Å²) < 4.78 is 34.6. The predicted molar refractivity (Wildman–Crippen MR) is 334 cm³/mol. The fraction of sp³-hybridized carbons (Fsp3) is 0.647. The first-order valence-electron chi connectivity index (χ1n) is 30.9. The number of carbonyl (C=O) groups is 2. The summed E-state index contributed by atoms with van der Waals surface area (Å²) in [5, 5.41) is 0. The minimum atomic E-state index is -4.40. The highest BCUT2D eigenvalue weighted by molar-refractivity contribution is 7.47. The molecule has 0 amide bonds. The van der Waals surface area contributed by atoms with Gasteiger partial charge in [-0.15, -0.1) is 0 Å². The molecule has 10 heteroatoms. The molecule has 0 heterocycles. The van der Waals surface area contributed by atoms with E-state index in [4.69, 9.17) is 18.5 Å². The lowest BCUT2D eigenvalue weighted by atomic mass is 10.0. The Bertz CT molecular complexity index is 1780. The Kier molecular flexibility index (Phi) is 55.0. The van der Waals surface area contributed by atoms with E-state index >= 15 is 0 Å². The van der Waals surface area contributed by atoms with Crippen molar-refractivity contribution in [2.45, 2.75) is 238 Å². The highest BCUT2D eigenvalue weighted by atomic mass is 31.2. The lowest BCUT2D eigenvalue weighted by Crippen LogP contribution is -2.37. The molecule has 0 aromatic heterocycles. The Hall–Kier alpha value is -3.85. The second-order valence-electron chi connectivity index (χ2n) is 21.3. The van der Waals surface area contributed by atoms with Gasteiger partial charge in [0, 0.05) is 12.8 Å². The van der Waals surface area contributed by atoms with Gasteiger partial charge in [0.2, 0.25) is 0 Å². The molecule has 0 aliphatic rings. The number of nitrogens with zero attached hydrogens (tertiary/aromatic N) is 1. The van der Waals surface area contributed by atoms with Crippen LogP contribution in [0.3, 0.4) is 0 Å². The third-order valence-corrected chi connectivity index (χ3v) is 13.7. The molecule has 78 heavy (non-hydrogen) atoms. The number of rotatable bonds is 55. The van der Waals surface area contributed by atoms with Crippen molar-refractivity contribution >= 4 is 19.8 Å². The van der Waals surface area contributed by atoms with Crippen LogP contribution in [0.15, 0.2) is 134 Å². The average Bonchev–Trinajstić information content (AvgIpc) is 3.40. The van der Waals surface area contributed by atoms with Gasteiger partial charge >= 0.3 is 19.8 Å². The molecule has 2 unspecified atom stereocenters. The highest BCUT2D eigenvalue weighted by Gasteiger charge is 2.27. The molecular weight excluding hydrogens is 990 g/mol. The van der Waals surface area contributed by atoms with Crippen LogP contribution in [0.4, 0.5) is 0 Å². The largest absolute Gasteiger partial charge is 0.472 e. The van der Waals surface area contributed by atoms with Crippen LogP contribution in [-0.2, 0) is 32.7 Å². The molecule has 2 atom stereocenters.